The molecule has 1 aliphatic rings. The van der Waals surface area contributed by atoms with Crippen LogP contribution in [0.2, 0.25) is 0 Å². The molecule has 2 N–H and O–H groups in total. The third kappa shape index (κ3) is 4.41. The van der Waals surface area contributed by atoms with Gasteiger partial charge in [0, 0.05) is 6.20 Å². The van der Waals surface area contributed by atoms with Gasteiger partial charge in [0.1, 0.15) is 5.82 Å². The van der Waals surface area contributed by atoms with Crippen LogP contribution in [-0.2, 0) is 14.3 Å². The van der Waals surface area contributed by atoms with Gasteiger partial charge in [0.05, 0.1) is 19.1 Å². The molecule has 1 unspecified atom stereocenters. The number of anilines is 1. The number of nitrogens with one attached hydrogen (secondary N) is 1. The van der Waals surface area contributed by atoms with E-state index in [4.69, 9.17) is 14.6 Å². The number of benzene rings is 1. The van der Waals surface area contributed by atoms with Crippen molar-refractivity contribution in [1.29, 1.82) is 0 Å². The summed E-state index contributed by atoms with van der Waals surface area (Å²) in [7, 11) is 0. The molecule has 0 spiro atoms. The second-order valence-electron chi connectivity index (χ2n) is 6.66. The Labute approximate surface area is 156 Å². The van der Waals surface area contributed by atoms with Gasteiger partial charge in [-0.25, -0.2) is 4.79 Å². The second kappa shape index (κ2) is 8.43. The van der Waals surface area contributed by atoms with Gasteiger partial charge in [-0.2, -0.15) is 4.98 Å². The molecule has 0 bridgehead atoms. The van der Waals surface area contributed by atoms with Crippen molar-refractivity contribution >= 4 is 11.7 Å². The Morgan fingerprint density at radius 1 is 1.33 bits per heavy atom. The highest BCUT2D eigenvalue weighted by Gasteiger charge is 2.28. The van der Waals surface area contributed by atoms with Crippen LogP contribution >= 0.6 is 0 Å². The minimum atomic E-state index is -0.751. The zero-order valence-electron chi connectivity index (χ0n) is 15.2. The first-order valence-corrected chi connectivity index (χ1v) is 8.82. The molecule has 8 nitrogen and oxygen atoms in total. The molecular formula is C19H23N3O5. The highest BCUT2D eigenvalue weighted by atomic mass is 16.7. The van der Waals surface area contributed by atoms with Crippen LogP contribution in [0.15, 0.2) is 47.4 Å². The number of aliphatic hydroxyl groups excluding tert-OH is 1. The summed E-state index contributed by atoms with van der Waals surface area (Å²) in [4.78, 5) is 29.0. The van der Waals surface area contributed by atoms with Crippen LogP contribution in [-0.4, -0.2) is 40.1 Å². The summed E-state index contributed by atoms with van der Waals surface area (Å²) in [6.45, 7) is 3.79. The minimum Gasteiger partial charge on any atom is -0.391 e. The molecule has 2 heterocycles. The minimum absolute atomic E-state index is 0.0761. The van der Waals surface area contributed by atoms with Gasteiger partial charge in [-0.15, -0.1) is 0 Å². The number of hydrogen-bond donors (Lipinski definition) is 2. The van der Waals surface area contributed by atoms with E-state index in [-0.39, 0.29) is 36.8 Å². The maximum Gasteiger partial charge on any atom is 0.351 e. The highest BCUT2D eigenvalue weighted by Crippen LogP contribution is 2.26. The van der Waals surface area contributed by atoms with Crippen molar-refractivity contribution in [3.63, 3.8) is 0 Å². The van der Waals surface area contributed by atoms with Gasteiger partial charge in [0.15, 0.2) is 12.5 Å². The van der Waals surface area contributed by atoms with E-state index in [0.29, 0.717) is 0 Å². The fourth-order valence-electron chi connectivity index (χ4n) is 3.09. The molecule has 0 aliphatic carbocycles. The quantitative estimate of drug-likeness (QED) is 0.795. The van der Waals surface area contributed by atoms with Crippen LogP contribution in [0.5, 0.6) is 0 Å². The van der Waals surface area contributed by atoms with Crippen LogP contribution in [0.4, 0.5) is 5.82 Å². The summed E-state index contributed by atoms with van der Waals surface area (Å²) in [5.74, 6) is -0.318. The van der Waals surface area contributed by atoms with Crippen LogP contribution in [0.25, 0.3) is 0 Å². The van der Waals surface area contributed by atoms with Crippen molar-refractivity contribution in [2.75, 3.05) is 18.5 Å². The van der Waals surface area contributed by atoms with Gasteiger partial charge in [0.2, 0.25) is 5.91 Å². The van der Waals surface area contributed by atoms with E-state index >= 15 is 0 Å². The van der Waals surface area contributed by atoms with E-state index in [0.717, 1.165) is 5.56 Å². The number of rotatable bonds is 6. The molecule has 144 valence electrons. The summed E-state index contributed by atoms with van der Waals surface area (Å²) in [6.07, 6.45) is 0.0876. The molecule has 1 saturated heterocycles. The number of hydrogen-bond acceptors (Lipinski definition) is 6. The standard InChI is InChI=1S/C19H23N3O5/c1-12(2)17(13-6-4-3-5-7-13)18(24)20-14-8-9-22(19(25)21-14)15-11-26-16(10-23)27-15/h3-9,12,15-17,23H,10-11H2,1-2H3,(H,20,21,24,25)/t15-,16-,17?/m0/s1. The lowest BCUT2D eigenvalue weighted by molar-refractivity contribution is -0.118. The first-order valence-electron chi connectivity index (χ1n) is 8.82. The number of carbonyl (C=O) groups is 1. The Morgan fingerprint density at radius 3 is 2.67 bits per heavy atom. The van der Waals surface area contributed by atoms with Crippen molar-refractivity contribution in [2.45, 2.75) is 32.3 Å². The molecule has 1 aliphatic heterocycles. The smallest absolute Gasteiger partial charge is 0.351 e. The predicted molar refractivity (Wildman–Crippen MR) is 98.1 cm³/mol. The van der Waals surface area contributed by atoms with Crippen LogP contribution in [0, 0.1) is 5.92 Å². The van der Waals surface area contributed by atoms with Gasteiger partial charge >= 0.3 is 5.69 Å². The number of aliphatic hydroxyl groups is 1. The maximum absolute atomic E-state index is 12.8. The fraction of sp³-hybridized carbons (Fsp3) is 0.421. The summed E-state index contributed by atoms with van der Waals surface area (Å²) in [5.41, 5.74) is 0.339. The SMILES string of the molecule is CC(C)C(C(=O)Nc1ccn([C@@H]2CO[C@H](CO)O2)c(=O)n1)c1ccccc1. The molecule has 0 saturated carbocycles. The molecule has 8 heteroatoms. The lowest BCUT2D eigenvalue weighted by Crippen LogP contribution is -2.31. The van der Waals surface area contributed by atoms with Gasteiger partial charge < -0.3 is 19.9 Å². The zero-order chi connectivity index (χ0) is 19.4. The van der Waals surface area contributed by atoms with Crippen molar-refractivity contribution < 1.29 is 19.4 Å². The number of amides is 1. The van der Waals surface area contributed by atoms with Gasteiger partial charge in [0.25, 0.3) is 0 Å². The molecule has 0 radical (unpaired) electrons. The lowest BCUT2D eigenvalue weighted by Gasteiger charge is -2.20. The second-order valence-corrected chi connectivity index (χ2v) is 6.66. The first-order chi connectivity index (χ1) is 13.0. The topological polar surface area (TPSA) is 103 Å². The zero-order valence-corrected chi connectivity index (χ0v) is 15.2. The van der Waals surface area contributed by atoms with Crippen molar-refractivity contribution in [3.05, 3.63) is 58.6 Å². The van der Waals surface area contributed by atoms with Gasteiger partial charge in [-0.05, 0) is 17.5 Å². The first kappa shape index (κ1) is 19.2. The summed E-state index contributed by atoms with van der Waals surface area (Å²) >= 11 is 0. The monoisotopic (exact) mass is 373 g/mol. The molecule has 1 aromatic carbocycles. The fourth-order valence-corrected chi connectivity index (χ4v) is 3.09. The maximum atomic E-state index is 12.8. The third-order valence-electron chi connectivity index (χ3n) is 4.38. The highest BCUT2D eigenvalue weighted by molar-refractivity contribution is 5.95. The van der Waals surface area contributed by atoms with E-state index in [1.54, 1.807) is 0 Å². The Kier molecular flexibility index (Phi) is 6.00. The molecular weight excluding hydrogens is 350 g/mol. The Bertz CT molecular complexity index is 837. The Morgan fingerprint density at radius 2 is 2.07 bits per heavy atom. The van der Waals surface area contributed by atoms with E-state index in [9.17, 15) is 9.59 Å². The molecule has 1 amide bonds. The number of aromatic nitrogens is 2. The van der Waals surface area contributed by atoms with Gasteiger partial charge in [-0.3, -0.25) is 9.36 Å². The van der Waals surface area contributed by atoms with E-state index in [2.05, 4.69) is 10.3 Å². The Hall–Kier alpha value is -2.55. The summed E-state index contributed by atoms with van der Waals surface area (Å²) in [6, 6.07) is 11.0. The number of carbonyl (C=O) groups excluding carboxylic acids is 1. The third-order valence-corrected chi connectivity index (χ3v) is 4.38. The van der Waals surface area contributed by atoms with Crippen molar-refractivity contribution in [1.82, 2.24) is 9.55 Å². The van der Waals surface area contributed by atoms with Gasteiger partial charge in [-0.1, -0.05) is 44.2 Å². The lowest BCUT2D eigenvalue weighted by atomic mass is 9.88. The largest absolute Gasteiger partial charge is 0.391 e. The number of ether oxygens (including phenoxy) is 2. The van der Waals surface area contributed by atoms with E-state index in [1.807, 2.05) is 44.2 Å². The molecule has 27 heavy (non-hydrogen) atoms. The molecule has 2 aromatic rings. The normalized spacial score (nSPS) is 20.6. The molecule has 3 atom stereocenters. The van der Waals surface area contributed by atoms with Crippen molar-refractivity contribution in [2.24, 2.45) is 5.92 Å². The Balaban J connectivity index is 1.74. The molecule has 1 fully saturated rings. The van der Waals surface area contributed by atoms with Crippen LogP contribution in [0.3, 0.4) is 0 Å². The summed E-state index contributed by atoms with van der Waals surface area (Å²) in [5, 5.41) is 11.8. The van der Waals surface area contributed by atoms with Crippen molar-refractivity contribution in [3.8, 4) is 0 Å². The average molecular weight is 373 g/mol. The molecule has 3 rings (SSSR count). The van der Waals surface area contributed by atoms with Crippen LogP contribution in [0.1, 0.15) is 31.6 Å². The van der Waals surface area contributed by atoms with E-state index < -0.39 is 18.2 Å². The summed E-state index contributed by atoms with van der Waals surface area (Å²) < 4.78 is 11.9. The number of nitrogens with zero attached hydrogens (tertiary/aromatic N) is 2. The average Bonchev–Trinajstić information content (AvgIpc) is 3.11. The van der Waals surface area contributed by atoms with Crippen LogP contribution < -0.4 is 11.0 Å². The molecule has 1 aromatic heterocycles. The predicted octanol–water partition coefficient (Wildman–Crippen LogP) is 1.49. The van der Waals surface area contributed by atoms with E-state index in [1.165, 1.54) is 16.8 Å².